The number of nitrogens with zero attached hydrogens (tertiary/aromatic N) is 2. The van der Waals surface area contributed by atoms with Gasteiger partial charge in [0.15, 0.2) is 11.5 Å². The quantitative estimate of drug-likeness (QED) is 0.182. The predicted octanol–water partition coefficient (Wildman–Crippen LogP) is 4.74. The molecular formula is C31H38N2O6. The summed E-state index contributed by atoms with van der Waals surface area (Å²) in [6.07, 6.45) is 2.40. The van der Waals surface area contributed by atoms with Gasteiger partial charge in [-0.1, -0.05) is 32.6 Å². The summed E-state index contributed by atoms with van der Waals surface area (Å²) in [5.74, 6) is 0.273. The average molecular weight is 535 g/mol. The summed E-state index contributed by atoms with van der Waals surface area (Å²) in [5, 5.41) is 11.5. The van der Waals surface area contributed by atoms with E-state index in [4.69, 9.17) is 14.2 Å². The SMILES string of the molecule is C=CCOc1ccc([C@@H]2C(=C(O)c3ccc4c(c3)C[C@@H](C)O4)C(=O)C(=O)N2CCN(CC)CC)cc1OCC. The zero-order valence-electron chi connectivity index (χ0n) is 23.2. The molecule has 1 N–H and O–H groups in total. The molecule has 39 heavy (non-hydrogen) atoms. The Bertz CT molecular complexity index is 1270. The second kappa shape index (κ2) is 12.4. The monoisotopic (exact) mass is 534 g/mol. The van der Waals surface area contributed by atoms with Gasteiger partial charge in [-0.25, -0.2) is 0 Å². The van der Waals surface area contributed by atoms with Crippen molar-refractivity contribution in [2.45, 2.75) is 46.3 Å². The van der Waals surface area contributed by atoms with Gasteiger partial charge in [0.05, 0.1) is 18.2 Å². The number of hydrogen-bond donors (Lipinski definition) is 1. The molecule has 1 amide bonds. The molecule has 4 rings (SSSR count). The van der Waals surface area contributed by atoms with Gasteiger partial charge in [0.25, 0.3) is 11.7 Å². The van der Waals surface area contributed by atoms with Crippen molar-refractivity contribution < 1.29 is 28.9 Å². The number of rotatable bonds is 12. The van der Waals surface area contributed by atoms with E-state index in [9.17, 15) is 14.7 Å². The lowest BCUT2D eigenvalue weighted by Crippen LogP contribution is -2.38. The number of benzene rings is 2. The molecule has 8 nitrogen and oxygen atoms in total. The summed E-state index contributed by atoms with van der Waals surface area (Å²) < 4.78 is 17.4. The fourth-order valence-corrected chi connectivity index (χ4v) is 5.20. The predicted molar refractivity (Wildman–Crippen MR) is 150 cm³/mol. The maximum atomic E-state index is 13.5. The van der Waals surface area contributed by atoms with Crippen molar-refractivity contribution in [1.82, 2.24) is 9.80 Å². The second-order valence-corrected chi connectivity index (χ2v) is 9.71. The van der Waals surface area contributed by atoms with Crippen LogP contribution in [-0.4, -0.2) is 72.1 Å². The molecule has 0 aliphatic carbocycles. The minimum atomic E-state index is -0.781. The van der Waals surface area contributed by atoms with Crippen LogP contribution in [-0.2, 0) is 16.0 Å². The number of aliphatic hydroxyl groups is 1. The Hall–Kier alpha value is -3.78. The molecule has 0 radical (unpaired) electrons. The smallest absolute Gasteiger partial charge is 0.295 e. The number of ether oxygens (including phenoxy) is 3. The highest BCUT2D eigenvalue weighted by atomic mass is 16.5. The first kappa shape index (κ1) is 28.2. The van der Waals surface area contributed by atoms with Crippen LogP contribution >= 0.6 is 0 Å². The van der Waals surface area contributed by atoms with Crippen LogP contribution in [0.5, 0.6) is 17.2 Å². The van der Waals surface area contributed by atoms with E-state index in [-0.39, 0.29) is 17.4 Å². The van der Waals surface area contributed by atoms with Crippen LogP contribution in [0.3, 0.4) is 0 Å². The minimum Gasteiger partial charge on any atom is -0.507 e. The van der Waals surface area contributed by atoms with Crippen LogP contribution in [0, 0.1) is 0 Å². The van der Waals surface area contributed by atoms with E-state index in [2.05, 4.69) is 25.3 Å². The third kappa shape index (κ3) is 5.81. The van der Waals surface area contributed by atoms with Crippen molar-refractivity contribution in [3.05, 3.63) is 71.3 Å². The van der Waals surface area contributed by atoms with Crippen LogP contribution in [0.2, 0.25) is 0 Å². The molecule has 0 unspecified atom stereocenters. The Kier molecular flexibility index (Phi) is 8.97. The van der Waals surface area contributed by atoms with Crippen LogP contribution in [0.15, 0.2) is 54.6 Å². The van der Waals surface area contributed by atoms with Gasteiger partial charge in [-0.2, -0.15) is 0 Å². The molecule has 2 atom stereocenters. The zero-order valence-corrected chi connectivity index (χ0v) is 23.2. The fourth-order valence-electron chi connectivity index (χ4n) is 5.20. The summed E-state index contributed by atoms with van der Waals surface area (Å²) in [5.41, 5.74) is 2.16. The van der Waals surface area contributed by atoms with Gasteiger partial charge in [0.2, 0.25) is 0 Å². The molecule has 0 bridgehead atoms. The summed E-state index contributed by atoms with van der Waals surface area (Å²) in [6.45, 7) is 15.0. The molecule has 8 heteroatoms. The van der Waals surface area contributed by atoms with Crippen LogP contribution in [0.1, 0.15) is 50.4 Å². The van der Waals surface area contributed by atoms with E-state index in [1.54, 1.807) is 35.2 Å². The van der Waals surface area contributed by atoms with Crippen LogP contribution in [0.4, 0.5) is 0 Å². The number of carbonyl (C=O) groups excluding carboxylic acids is 2. The first-order valence-electron chi connectivity index (χ1n) is 13.6. The summed E-state index contributed by atoms with van der Waals surface area (Å²) in [6, 6.07) is 9.95. The first-order chi connectivity index (χ1) is 18.8. The van der Waals surface area contributed by atoms with E-state index in [0.717, 1.165) is 24.4 Å². The summed E-state index contributed by atoms with van der Waals surface area (Å²) in [7, 11) is 0. The number of likely N-dealkylation sites (N-methyl/N-ethyl adjacent to an activating group) is 1. The van der Waals surface area contributed by atoms with Gasteiger partial charge in [0, 0.05) is 25.1 Å². The Morgan fingerprint density at radius 3 is 2.59 bits per heavy atom. The number of likely N-dealkylation sites (tertiary alicyclic amines) is 1. The van der Waals surface area contributed by atoms with E-state index in [0.29, 0.717) is 55.4 Å². The van der Waals surface area contributed by atoms with Crippen molar-refractivity contribution >= 4 is 17.4 Å². The first-order valence-corrected chi connectivity index (χ1v) is 13.6. The Morgan fingerprint density at radius 1 is 1.13 bits per heavy atom. The number of aliphatic hydroxyl groups excluding tert-OH is 1. The highest BCUT2D eigenvalue weighted by Crippen LogP contribution is 2.42. The Morgan fingerprint density at radius 2 is 1.90 bits per heavy atom. The molecule has 2 heterocycles. The van der Waals surface area contributed by atoms with Gasteiger partial charge in [0.1, 0.15) is 24.2 Å². The molecular weight excluding hydrogens is 496 g/mol. The maximum absolute atomic E-state index is 13.5. The third-order valence-corrected chi connectivity index (χ3v) is 7.20. The third-order valence-electron chi connectivity index (χ3n) is 7.20. The van der Waals surface area contributed by atoms with Gasteiger partial charge >= 0.3 is 0 Å². The second-order valence-electron chi connectivity index (χ2n) is 9.71. The van der Waals surface area contributed by atoms with Gasteiger partial charge < -0.3 is 29.1 Å². The average Bonchev–Trinajstić information content (AvgIpc) is 3.43. The normalized spacial score (nSPS) is 19.8. The molecule has 2 aliphatic heterocycles. The molecule has 2 aromatic carbocycles. The van der Waals surface area contributed by atoms with E-state index < -0.39 is 17.7 Å². The standard InChI is InChI=1S/C31H38N2O6/c1-6-16-38-25-13-10-21(19-26(25)37-9-4)28-27(30(35)31(36)33(28)15-14-32(7-2)8-3)29(34)22-11-12-24-23(18-22)17-20(5)39-24/h6,10-13,18-20,28,34H,1,7-9,14-17H2,2-5H3/t20-,28-/m1/s1. The molecule has 0 saturated carbocycles. The van der Waals surface area contributed by atoms with Crippen molar-refractivity contribution in [1.29, 1.82) is 0 Å². The lowest BCUT2D eigenvalue weighted by Gasteiger charge is -2.28. The largest absolute Gasteiger partial charge is 0.507 e. The van der Waals surface area contributed by atoms with Crippen LogP contribution in [0.25, 0.3) is 5.76 Å². The molecule has 208 valence electrons. The molecule has 1 fully saturated rings. The van der Waals surface area contributed by atoms with Crippen molar-refractivity contribution in [3.8, 4) is 17.2 Å². The number of carbonyl (C=O) groups is 2. The number of hydrogen-bond acceptors (Lipinski definition) is 7. The fraction of sp³-hybridized carbons (Fsp3) is 0.419. The highest BCUT2D eigenvalue weighted by molar-refractivity contribution is 6.46. The molecule has 2 aromatic rings. The van der Waals surface area contributed by atoms with Gasteiger partial charge in [-0.05, 0) is 68.4 Å². The van der Waals surface area contributed by atoms with E-state index in [1.807, 2.05) is 26.0 Å². The van der Waals surface area contributed by atoms with Crippen molar-refractivity contribution in [3.63, 3.8) is 0 Å². The molecule has 1 saturated heterocycles. The molecule has 0 spiro atoms. The van der Waals surface area contributed by atoms with Crippen molar-refractivity contribution in [2.24, 2.45) is 0 Å². The number of ketones is 1. The molecule has 2 aliphatic rings. The number of fused-ring (bicyclic) bond motifs is 1. The lowest BCUT2D eigenvalue weighted by atomic mass is 9.94. The number of amides is 1. The topological polar surface area (TPSA) is 88.5 Å². The summed E-state index contributed by atoms with van der Waals surface area (Å²) >= 11 is 0. The van der Waals surface area contributed by atoms with Gasteiger partial charge in [-0.15, -0.1) is 0 Å². The van der Waals surface area contributed by atoms with E-state index >= 15 is 0 Å². The zero-order chi connectivity index (χ0) is 28.1. The van der Waals surface area contributed by atoms with Gasteiger partial charge in [-0.3, -0.25) is 9.59 Å². The molecule has 0 aromatic heterocycles. The Balaban J connectivity index is 1.82. The van der Waals surface area contributed by atoms with E-state index in [1.165, 1.54) is 0 Å². The van der Waals surface area contributed by atoms with Crippen LogP contribution < -0.4 is 14.2 Å². The maximum Gasteiger partial charge on any atom is 0.295 e. The lowest BCUT2D eigenvalue weighted by molar-refractivity contribution is -0.140. The highest BCUT2D eigenvalue weighted by Gasteiger charge is 2.46. The minimum absolute atomic E-state index is 0.0434. The Labute approximate surface area is 230 Å². The summed E-state index contributed by atoms with van der Waals surface area (Å²) in [4.78, 5) is 30.6. The van der Waals surface area contributed by atoms with Crippen molar-refractivity contribution in [2.75, 3.05) is 39.4 Å². The number of Topliss-reactive ketones (excluding diaryl/α,β-unsaturated/α-hetero) is 1.